The van der Waals surface area contributed by atoms with Gasteiger partial charge < -0.3 is 10.4 Å². The number of benzene rings is 1. The van der Waals surface area contributed by atoms with Gasteiger partial charge in [-0.1, -0.05) is 12.1 Å². The largest absolute Gasteiger partial charge is 0.419 e. The number of ketones is 1. The monoisotopic (exact) mass is 462 g/mol. The quantitative estimate of drug-likeness (QED) is 0.579. The first-order chi connectivity index (χ1) is 15.5. The summed E-state index contributed by atoms with van der Waals surface area (Å²) in [5, 5.41) is 17.5. The van der Waals surface area contributed by atoms with E-state index in [1.54, 1.807) is 0 Å². The zero-order valence-electron chi connectivity index (χ0n) is 17.2. The molecular formula is C22H18F4N4O3. The highest BCUT2D eigenvalue weighted by molar-refractivity contribution is 5.95. The number of carbonyl (C=O) groups is 2. The molecule has 0 saturated heterocycles. The Balaban J connectivity index is 1.67. The third-order valence-electron chi connectivity index (χ3n) is 5.55. The van der Waals surface area contributed by atoms with Gasteiger partial charge in [-0.25, -0.2) is 13.9 Å². The van der Waals surface area contributed by atoms with Gasteiger partial charge in [-0.15, -0.1) is 0 Å². The van der Waals surface area contributed by atoms with E-state index < -0.39 is 35.1 Å². The SMILES string of the molecule is C[C@@H](NC(=O)c1cc(C2(O)C=CC(=O)CC2)c2ncnn2c1)c1cccc(C(F)(F)F)c1F. The van der Waals surface area contributed by atoms with Crippen LogP contribution >= 0.6 is 0 Å². The molecule has 7 nitrogen and oxygen atoms in total. The van der Waals surface area contributed by atoms with Crippen LogP contribution in [0.25, 0.3) is 5.65 Å². The second-order valence-corrected chi connectivity index (χ2v) is 7.80. The maximum Gasteiger partial charge on any atom is 0.419 e. The maximum absolute atomic E-state index is 14.5. The number of amides is 1. The lowest BCUT2D eigenvalue weighted by atomic mass is 9.84. The van der Waals surface area contributed by atoms with E-state index >= 15 is 0 Å². The van der Waals surface area contributed by atoms with E-state index in [4.69, 9.17) is 0 Å². The molecule has 2 heterocycles. The van der Waals surface area contributed by atoms with Gasteiger partial charge in [0.25, 0.3) is 5.91 Å². The molecular weight excluding hydrogens is 444 g/mol. The average Bonchev–Trinajstić information content (AvgIpc) is 3.23. The van der Waals surface area contributed by atoms with E-state index in [1.165, 1.54) is 42.2 Å². The summed E-state index contributed by atoms with van der Waals surface area (Å²) in [5.41, 5.74) is -2.81. The fraction of sp³-hybridized carbons (Fsp3) is 0.273. The smallest absolute Gasteiger partial charge is 0.381 e. The first kappa shape index (κ1) is 22.6. The molecule has 0 fully saturated rings. The van der Waals surface area contributed by atoms with Crippen LogP contribution in [0, 0.1) is 5.82 Å². The molecule has 2 aromatic heterocycles. The van der Waals surface area contributed by atoms with Crippen LogP contribution in [-0.4, -0.2) is 31.4 Å². The number of hydrogen-bond acceptors (Lipinski definition) is 5. The van der Waals surface area contributed by atoms with Gasteiger partial charge in [0.2, 0.25) is 0 Å². The number of rotatable bonds is 4. The fourth-order valence-electron chi connectivity index (χ4n) is 3.77. The van der Waals surface area contributed by atoms with Crippen molar-refractivity contribution >= 4 is 17.3 Å². The molecule has 1 unspecified atom stereocenters. The number of allylic oxidation sites excluding steroid dienone is 1. The molecule has 2 atom stereocenters. The minimum absolute atomic E-state index is 0.0148. The lowest BCUT2D eigenvalue weighted by Crippen LogP contribution is -2.31. The first-order valence-electron chi connectivity index (χ1n) is 9.94. The number of hydrogen-bond donors (Lipinski definition) is 2. The van der Waals surface area contributed by atoms with Crippen LogP contribution in [0.5, 0.6) is 0 Å². The van der Waals surface area contributed by atoms with Crippen LogP contribution in [0.4, 0.5) is 17.6 Å². The minimum atomic E-state index is -4.87. The van der Waals surface area contributed by atoms with Gasteiger partial charge in [0.1, 0.15) is 17.7 Å². The topological polar surface area (TPSA) is 96.6 Å². The molecule has 172 valence electrons. The van der Waals surface area contributed by atoms with Crippen molar-refractivity contribution in [2.45, 2.75) is 37.6 Å². The number of alkyl halides is 3. The number of fused-ring (bicyclic) bond motifs is 1. The van der Waals surface area contributed by atoms with E-state index in [9.17, 15) is 32.3 Å². The highest BCUT2D eigenvalue weighted by Gasteiger charge is 2.36. The van der Waals surface area contributed by atoms with Crippen molar-refractivity contribution in [1.82, 2.24) is 19.9 Å². The first-order valence-corrected chi connectivity index (χ1v) is 9.94. The third-order valence-corrected chi connectivity index (χ3v) is 5.55. The van der Waals surface area contributed by atoms with Crippen molar-refractivity contribution in [3.63, 3.8) is 0 Å². The standard InChI is InChI=1S/C22H18F4N4O3/c1-12(15-3-2-4-16(18(15)23)22(24,25)26)29-20(32)13-9-17(19-27-11-28-30(19)10-13)21(33)7-5-14(31)6-8-21/h2-5,7,9-12,33H,6,8H2,1H3,(H,29,32)/t12-,21?/m1/s1. The van der Waals surface area contributed by atoms with Crippen molar-refractivity contribution in [1.29, 1.82) is 0 Å². The van der Waals surface area contributed by atoms with E-state index in [1.807, 2.05) is 0 Å². The molecule has 4 rings (SSSR count). The minimum Gasteiger partial charge on any atom is -0.381 e. The average molecular weight is 462 g/mol. The summed E-state index contributed by atoms with van der Waals surface area (Å²) in [6, 6.07) is 3.13. The van der Waals surface area contributed by atoms with Crippen LogP contribution in [0.2, 0.25) is 0 Å². The predicted molar refractivity (Wildman–Crippen MR) is 108 cm³/mol. The lowest BCUT2D eigenvalue weighted by Gasteiger charge is -2.28. The van der Waals surface area contributed by atoms with E-state index in [0.29, 0.717) is 6.07 Å². The normalized spacial score (nSPS) is 19.6. The fourth-order valence-corrected chi connectivity index (χ4v) is 3.77. The molecule has 11 heteroatoms. The summed E-state index contributed by atoms with van der Waals surface area (Å²) in [5.74, 6) is -2.34. The van der Waals surface area contributed by atoms with Crippen molar-refractivity contribution in [3.05, 3.63) is 77.0 Å². The molecule has 0 spiro atoms. The molecule has 0 radical (unpaired) electrons. The van der Waals surface area contributed by atoms with Gasteiger partial charge in [0.05, 0.1) is 17.2 Å². The number of nitrogens with zero attached hydrogens (tertiary/aromatic N) is 3. The Hall–Kier alpha value is -3.60. The lowest BCUT2D eigenvalue weighted by molar-refractivity contribution is -0.140. The summed E-state index contributed by atoms with van der Waals surface area (Å²) in [7, 11) is 0. The number of carbonyl (C=O) groups excluding carboxylic acids is 2. The molecule has 1 aromatic carbocycles. The molecule has 33 heavy (non-hydrogen) atoms. The molecule has 3 aromatic rings. The number of nitrogens with one attached hydrogen (secondary N) is 1. The van der Waals surface area contributed by atoms with Gasteiger partial charge in [-0.05, 0) is 37.6 Å². The summed E-state index contributed by atoms with van der Waals surface area (Å²) in [6.45, 7) is 1.36. The van der Waals surface area contributed by atoms with Crippen molar-refractivity contribution in [3.8, 4) is 0 Å². The highest BCUT2D eigenvalue weighted by atomic mass is 19.4. The summed E-state index contributed by atoms with van der Waals surface area (Å²) in [6.07, 6.45) is 0.422. The van der Waals surface area contributed by atoms with Crippen molar-refractivity contribution in [2.75, 3.05) is 0 Å². The summed E-state index contributed by atoms with van der Waals surface area (Å²) in [4.78, 5) is 28.5. The van der Waals surface area contributed by atoms with Crippen molar-refractivity contribution in [2.24, 2.45) is 0 Å². The molecule has 1 aliphatic rings. The van der Waals surface area contributed by atoms with Crippen LogP contribution in [0.15, 0.2) is 48.9 Å². The van der Waals surface area contributed by atoms with Gasteiger partial charge >= 0.3 is 6.18 Å². The maximum atomic E-state index is 14.5. The number of aromatic nitrogens is 3. The molecule has 0 bridgehead atoms. The number of halogens is 4. The molecule has 0 aliphatic heterocycles. The highest BCUT2D eigenvalue weighted by Crippen LogP contribution is 2.35. The van der Waals surface area contributed by atoms with Gasteiger partial charge in [-0.2, -0.15) is 18.3 Å². The zero-order valence-corrected chi connectivity index (χ0v) is 17.2. The Labute approximate surface area is 184 Å². The predicted octanol–water partition coefficient (Wildman–Crippen LogP) is 3.48. The zero-order chi connectivity index (χ0) is 24.0. The molecule has 1 amide bonds. The van der Waals surface area contributed by atoms with E-state index in [0.717, 1.165) is 12.1 Å². The van der Waals surface area contributed by atoms with Crippen LogP contribution in [0.3, 0.4) is 0 Å². The van der Waals surface area contributed by atoms with Crippen LogP contribution in [-0.2, 0) is 16.6 Å². The van der Waals surface area contributed by atoms with E-state index in [-0.39, 0.29) is 41.0 Å². The Morgan fingerprint density at radius 3 is 2.76 bits per heavy atom. The molecule has 2 N–H and O–H groups in total. The Morgan fingerprint density at radius 2 is 2.09 bits per heavy atom. The second-order valence-electron chi connectivity index (χ2n) is 7.80. The Morgan fingerprint density at radius 1 is 1.33 bits per heavy atom. The van der Waals surface area contributed by atoms with Crippen molar-refractivity contribution < 1.29 is 32.3 Å². The summed E-state index contributed by atoms with van der Waals surface area (Å²) >= 11 is 0. The van der Waals surface area contributed by atoms with Gasteiger partial charge in [0, 0.05) is 23.7 Å². The third kappa shape index (κ3) is 4.23. The Kier molecular flexibility index (Phi) is 5.52. The second kappa shape index (κ2) is 8.07. The number of aliphatic hydroxyl groups is 1. The van der Waals surface area contributed by atoms with E-state index in [2.05, 4.69) is 15.4 Å². The van der Waals surface area contributed by atoms with Crippen LogP contribution in [0.1, 0.15) is 52.9 Å². The Bertz CT molecular complexity index is 1280. The summed E-state index contributed by atoms with van der Waals surface area (Å²) < 4.78 is 54.8. The van der Waals surface area contributed by atoms with Crippen LogP contribution < -0.4 is 5.32 Å². The molecule has 0 saturated carbocycles. The van der Waals surface area contributed by atoms with Gasteiger partial charge in [-0.3, -0.25) is 9.59 Å². The molecule has 1 aliphatic carbocycles. The number of pyridine rings is 1. The van der Waals surface area contributed by atoms with Gasteiger partial charge in [0.15, 0.2) is 11.4 Å².